The van der Waals surface area contributed by atoms with E-state index in [9.17, 15) is 5.11 Å². The maximum atomic E-state index is 10.3. The second-order valence-electron chi connectivity index (χ2n) is 6.62. The van der Waals surface area contributed by atoms with Crippen LogP contribution in [0.5, 0.6) is 0 Å². The molecule has 1 heterocycles. The predicted octanol–water partition coefficient (Wildman–Crippen LogP) is 2.69. The van der Waals surface area contributed by atoms with Crippen molar-refractivity contribution in [2.75, 3.05) is 18.0 Å². The van der Waals surface area contributed by atoms with E-state index in [0.29, 0.717) is 0 Å². The Balaban J connectivity index is 2.09. The lowest BCUT2D eigenvalue weighted by atomic mass is 9.82. The Morgan fingerprint density at radius 2 is 1.63 bits per heavy atom. The molecule has 3 nitrogen and oxygen atoms in total. The third kappa shape index (κ3) is 3.28. The summed E-state index contributed by atoms with van der Waals surface area (Å²) in [6.07, 6.45) is 2.03. The summed E-state index contributed by atoms with van der Waals surface area (Å²) in [5.41, 5.74) is 8.23. The number of anilines is 1. The molecule has 0 unspecified atom stereocenters. The van der Waals surface area contributed by atoms with Crippen LogP contribution in [-0.4, -0.2) is 24.3 Å². The number of nitrogens with two attached hydrogens (primary N) is 1. The molecular formula is C16H26N2O. The van der Waals surface area contributed by atoms with Crippen LogP contribution in [0, 0.1) is 5.41 Å². The Morgan fingerprint density at radius 3 is 2.11 bits per heavy atom. The van der Waals surface area contributed by atoms with E-state index in [2.05, 4.69) is 17.0 Å². The van der Waals surface area contributed by atoms with E-state index in [1.807, 2.05) is 32.9 Å². The van der Waals surface area contributed by atoms with Gasteiger partial charge in [0.15, 0.2) is 0 Å². The minimum absolute atomic E-state index is 0.201. The van der Waals surface area contributed by atoms with Crippen LogP contribution in [0.2, 0.25) is 0 Å². The standard InChI is InChI=1S/C16H26N2O/c1-16(2,3)15(19)14(17)12-6-8-13(9-7-12)18-10-4-5-11-18/h6-9,14-15,19H,4-5,10-11,17H2,1-3H3/t14-,15-/m1/s1. The lowest BCUT2D eigenvalue weighted by Crippen LogP contribution is -2.36. The number of aliphatic hydroxyl groups excluding tert-OH is 1. The molecule has 3 N–H and O–H groups in total. The van der Waals surface area contributed by atoms with Gasteiger partial charge in [-0.25, -0.2) is 0 Å². The molecule has 2 atom stereocenters. The fourth-order valence-corrected chi connectivity index (χ4v) is 2.60. The Labute approximate surface area is 116 Å². The molecule has 0 bridgehead atoms. The topological polar surface area (TPSA) is 49.5 Å². The van der Waals surface area contributed by atoms with Gasteiger partial charge in [-0.05, 0) is 36.0 Å². The molecule has 1 saturated heterocycles. The summed E-state index contributed by atoms with van der Waals surface area (Å²) in [4.78, 5) is 2.40. The first kappa shape index (κ1) is 14.4. The third-order valence-corrected chi connectivity index (χ3v) is 3.98. The number of hydrogen-bond donors (Lipinski definition) is 2. The van der Waals surface area contributed by atoms with Gasteiger partial charge >= 0.3 is 0 Å². The van der Waals surface area contributed by atoms with Crippen LogP contribution in [0.15, 0.2) is 24.3 Å². The molecule has 3 heteroatoms. The average Bonchev–Trinajstić information content (AvgIpc) is 2.90. The molecule has 1 fully saturated rings. The Morgan fingerprint density at radius 1 is 1.11 bits per heavy atom. The van der Waals surface area contributed by atoms with Crippen molar-refractivity contribution in [3.8, 4) is 0 Å². The zero-order valence-corrected chi connectivity index (χ0v) is 12.3. The summed E-state index contributed by atoms with van der Waals surface area (Å²) in [6.45, 7) is 8.33. The second kappa shape index (κ2) is 5.51. The van der Waals surface area contributed by atoms with Gasteiger partial charge < -0.3 is 15.7 Å². The SMILES string of the molecule is CC(C)(C)[C@H](O)[C@H](N)c1ccc(N2CCCC2)cc1. The van der Waals surface area contributed by atoms with E-state index in [0.717, 1.165) is 18.7 Å². The van der Waals surface area contributed by atoms with Crippen LogP contribution < -0.4 is 10.6 Å². The molecule has 106 valence electrons. The molecular weight excluding hydrogens is 236 g/mol. The summed E-state index contributed by atoms with van der Waals surface area (Å²) in [6, 6.07) is 8.01. The molecule has 0 amide bonds. The minimum atomic E-state index is -0.537. The first-order valence-electron chi connectivity index (χ1n) is 7.18. The maximum absolute atomic E-state index is 10.3. The van der Waals surface area contributed by atoms with Gasteiger partial charge in [0, 0.05) is 18.8 Å². The van der Waals surface area contributed by atoms with Crippen molar-refractivity contribution in [2.24, 2.45) is 11.1 Å². The number of nitrogens with zero attached hydrogens (tertiary/aromatic N) is 1. The van der Waals surface area contributed by atoms with Crippen LogP contribution in [0.3, 0.4) is 0 Å². The monoisotopic (exact) mass is 262 g/mol. The van der Waals surface area contributed by atoms with E-state index in [4.69, 9.17) is 5.73 Å². The van der Waals surface area contributed by atoms with Crippen LogP contribution in [0.4, 0.5) is 5.69 Å². The molecule has 1 aliphatic heterocycles. The molecule has 0 saturated carbocycles. The number of rotatable bonds is 3. The van der Waals surface area contributed by atoms with Gasteiger partial charge in [-0.1, -0.05) is 32.9 Å². The highest BCUT2D eigenvalue weighted by atomic mass is 16.3. The highest BCUT2D eigenvalue weighted by Gasteiger charge is 2.29. The first-order valence-corrected chi connectivity index (χ1v) is 7.18. The smallest absolute Gasteiger partial charge is 0.0780 e. The lowest BCUT2D eigenvalue weighted by Gasteiger charge is -2.31. The summed E-state index contributed by atoms with van der Waals surface area (Å²) in [5, 5.41) is 10.3. The van der Waals surface area contributed by atoms with E-state index >= 15 is 0 Å². The zero-order valence-electron chi connectivity index (χ0n) is 12.3. The quantitative estimate of drug-likeness (QED) is 0.880. The zero-order chi connectivity index (χ0) is 14.0. The Kier molecular flexibility index (Phi) is 4.16. The highest BCUT2D eigenvalue weighted by Crippen LogP contribution is 2.29. The van der Waals surface area contributed by atoms with E-state index in [1.165, 1.54) is 18.5 Å². The van der Waals surface area contributed by atoms with E-state index in [-0.39, 0.29) is 11.5 Å². The Bertz CT molecular complexity index is 402. The maximum Gasteiger partial charge on any atom is 0.0780 e. The van der Waals surface area contributed by atoms with Gasteiger partial charge in [0.2, 0.25) is 0 Å². The van der Waals surface area contributed by atoms with Gasteiger partial charge in [-0.2, -0.15) is 0 Å². The molecule has 0 aliphatic carbocycles. The normalized spacial score (nSPS) is 19.5. The summed E-state index contributed by atoms with van der Waals surface area (Å²) >= 11 is 0. The molecule has 0 spiro atoms. The fourth-order valence-electron chi connectivity index (χ4n) is 2.60. The van der Waals surface area contributed by atoms with Gasteiger partial charge in [-0.3, -0.25) is 0 Å². The largest absolute Gasteiger partial charge is 0.391 e. The summed E-state index contributed by atoms with van der Waals surface area (Å²) in [5.74, 6) is 0. The Hall–Kier alpha value is -1.06. The minimum Gasteiger partial charge on any atom is -0.391 e. The molecule has 1 aliphatic rings. The molecule has 1 aromatic rings. The van der Waals surface area contributed by atoms with Crippen molar-refractivity contribution in [1.82, 2.24) is 0 Å². The lowest BCUT2D eigenvalue weighted by molar-refractivity contribution is 0.0401. The van der Waals surface area contributed by atoms with Crippen molar-refractivity contribution in [3.63, 3.8) is 0 Å². The second-order valence-corrected chi connectivity index (χ2v) is 6.62. The molecule has 19 heavy (non-hydrogen) atoms. The molecule has 0 aromatic heterocycles. The van der Waals surface area contributed by atoms with Gasteiger partial charge in [0.1, 0.15) is 0 Å². The third-order valence-electron chi connectivity index (χ3n) is 3.98. The van der Waals surface area contributed by atoms with Gasteiger partial charge in [-0.15, -0.1) is 0 Å². The first-order chi connectivity index (χ1) is 8.89. The summed E-state index contributed by atoms with van der Waals surface area (Å²) < 4.78 is 0. The van der Waals surface area contributed by atoms with E-state index < -0.39 is 6.10 Å². The number of hydrogen-bond acceptors (Lipinski definition) is 3. The van der Waals surface area contributed by atoms with E-state index in [1.54, 1.807) is 0 Å². The van der Waals surface area contributed by atoms with Crippen LogP contribution in [0.1, 0.15) is 45.2 Å². The number of benzene rings is 1. The van der Waals surface area contributed by atoms with Crippen molar-refractivity contribution < 1.29 is 5.11 Å². The highest BCUT2D eigenvalue weighted by molar-refractivity contribution is 5.48. The van der Waals surface area contributed by atoms with Gasteiger partial charge in [0.05, 0.1) is 12.1 Å². The van der Waals surface area contributed by atoms with Crippen molar-refractivity contribution >= 4 is 5.69 Å². The van der Waals surface area contributed by atoms with Crippen LogP contribution >= 0.6 is 0 Å². The fraction of sp³-hybridized carbons (Fsp3) is 0.625. The predicted molar refractivity (Wildman–Crippen MR) is 80.3 cm³/mol. The molecule has 1 aromatic carbocycles. The van der Waals surface area contributed by atoms with Crippen molar-refractivity contribution in [3.05, 3.63) is 29.8 Å². The van der Waals surface area contributed by atoms with Crippen LogP contribution in [-0.2, 0) is 0 Å². The summed E-state index contributed by atoms with van der Waals surface area (Å²) in [7, 11) is 0. The van der Waals surface area contributed by atoms with Crippen LogP contribution in [0.25, 0.3) is 0 Å². The van der Waals surface area contributed by atoms with Gasteiger partial charge in [0.25, 0.3) is 0 Å². The van der Waals surface area contributed by atoms with Crippen molar-refractivity contribution in [1.29, 1.82) is 0 Å². The number of aliphatic hydroxyl groups is 1. The average molecular weight is 262 g/mol. The van der Waals surface area contributed by atoms with Crippen molar-refractivity contribution in [2.45, 2.75) is 45.8 Å². The molecule has 2 rings (SSSR count). The molecule has 0 radical (unpaired) electrons.